The van der Waals surface area contributed by atoms with Crippen LogP contribution in [0.1, 0.15) is 0 Å². The van der Waals surface area contributed by atoms with Gasteiger partial charge in [-0.25, -0.2) is 4.89 Å². The minimum atomic E-state index is 0.483. The first-order chi connectivity index (χ1) is 2.91. The van der Waals surface area contributed by atoms with Gasteiger partial charge in [-0.15, -0.1) is 4.99 Å². The molecule has 0 heterocycles. The van der Waals surface area contributed by atoms with Crippen LogP contribution in [0.3, 0.4) is 0 Å². The predicted octanol–water partition coefficient (Wildman–Crippen LogP) is 0.203. The van der Waals surface area contributed by atoms with Crippen LogP contribution < -0.4 is 5.90 Å². The molecule has 0 spiro atoms. The molecule has 2 N–H and O–H groups in total. The molecule has 0 aliphatic rings. The van der Waals surface area contributed by atoms with Gasteiger partial charge < -0.3 is 0 Å². The van der Waals surface area contributed by atoms with E-state index in [-0.39, 0.29) is 0 Å². The SMILES string of the molecule is NOOCCBr. The van der Waals surface area contributed by atoms with Crippen molar-refractivity contribution in [3.8, 4) is 0 Å². The first kappa shape index (κ1) is 6.36. The zero-order valence-corrected chi connectivity index (χ0v) is 4.77. The normalized spacial score (nSPS) is 9.00. The summed E-state index contributed by atoms with van der Waals surface area (Å²) in [5.41, 5.74) is 0. The summed E-state index contributed by atoms with van der Waals surface area (Å²) in [6.45, 7) is 0.483. The second kappa shape index (κ2) is 5.36. The van der Waals surface area contributed by atoms with Crippen molar-refractivity contribution in [3.05, 3.63) is 0 Å². The minimum Gasteiger partial charge on any atom is -0.217 e. The van der Waals surface area contributed by atoms with Crippen LogP contribution in [0, 0.1) is 0 Å². The molecule has 0 radical (unpaired) electrons. The van der Waals surface area contributed by atoms with Crippen molar-refractivity contribution in [1.82, 2.24) is 0 Å². The summed E-state index contributed by atoms with van der Waals surface area (Å²) in [5.74, 6) is 4.47. The van der Waals surface area contributed by atoms with Gasteiger partial charge in [0, 0.05) is 5.33 Å². The van der Waals surface area contributed by atoms with Crippen molar-refractivity contribution in [2.24, 2.45) is 5.90 Å². The van der Waals surface area contributed by atoms with Crippen molar-refractivity contribution >= 4 is 15.9 Å². The molecular formula is C2H6BrNO2. The van der Waals surface area contributed by atoms with E-state index in [4.69, 9.17) is 0 Å². The van der Waals surface area contributed by atoms with Crippen LogP contribution in [0.15, 0.2) is 0 Å². The molecule has 0 aromatic rings. The van der Waals surface area contributed by atoms with Crippen molar-refractivity contribution in [3.63, 3.8) is 0 Å². The average Bonchev–Trinajstić information content (AvgIpc) is 1.61. The molecule has 0 aromatic heterocycles. The van der Waals surface area contributed by atoms with Crippen molar-refractivity contribution < 1.29 is 9.88 Å². The number of halogens is 1. The quantitative estimate of drug-likeness (QED) is 0.275. The highest BCUT2D eigenvalue weighted by atomic mass is 79.9. The monoisotopic (exact) mass is 155 g/mol. The second-order valence-electron chi connectivity index (χ2n) is 0.607. The van der Waals surface area contributed by atoms with Gasteiger partial charge in [-0.05, 0) is 0 Å². The van der Waals surface area contributed by atoms with Gasteiger partial charge in [-0.2, -0.15) is 5.90 Å². The lowest BCUT2D eigenvalue weighted by Crippen LogP contribution is -2.01. The van der Waals surface area contributed by atoms with Gasteiger partial charge in [0.1, 0.15) is 0 Å². The Balaban J connectivity index is 2.34. The van der Waals surface area contributed by atoms with Gasteiger partial charge in [-0.1, -0.05) is 15.9 Å². The van der Waals surface area contributed by atoms with Gasteiger partial charge in [0.05, 0.1) is 6.61 Å². The average molecular weight is 156 g/mol. The molecule has 0 saturated heterocycles. The fraction of sp³-hybridized carbons (Fsp3) is 1.00. The van der Waals surface area contributed by atoms with Crippen molar-refractivity contribution in [2.75, 3.05) is 11.9 Å². The second-order valence-corrected chi connectivity index (χ2v) is 1.40. The molecule has 0 bridgehead atoms. The lowest BCUT2D eigenvalue weighted by atomic mass is 10.9. The first-order valence-electron chi connectivity index (χ1n) is 1.46. The summed E-state index contributed by atoms with van der Waals surface area (Å²) >= 11 is 3.09. The lowest BCUT2D eigenvalue weighted by Gasteiger charge is -1.89. The molecule has 0 aliphatic heterocycles. The summed E-state index contributed by atoms with van der Waals surface area (Å²) in [6.07, 6.45) is 0. The van der Waals surface area contributed by atoms with E-state index in [1.807, 2.05) is 0 Å². The molecule has 0 unspecified atom stereocenters. The van der Waals surface area contributed by atoms with Crippen LogP contribution in [0.4, 0.5) is 0 Å². The molecule has 3 nitrogen and oxygen atoms in total. The number of hydrogen-bond acceptors (Lipinski definition) is 3. The van der Waals surface area contributed by atoms with Crippen LogP contribution in [0.5, 0.6) is 0 Å². The largest absolute Gasteiger partial charge is 0.217 e. The zero-order chi connectivity index (χ0) is 4.83. The molecule has 0 atom stereocenters. The molecule has 0 saturated carbocycles. The Bertz CT molecular complexity index is 23.5. The Kier molecular flexibility index (Phi) is 5.68. The number of rotatable bonds is 3. The van der Waals surface area contributed by atoms with Crippen LogP contribution in [0.2, 0.25) is 0 Å². The number of nitrogens with two attached hydrogens (primary N) is 1. The summed E-state index contributed by atoms with van der Waals surface area (Å²) in [5, 5.41) is 0.740. The summed E-state index contributed by atoms with van der Waals surface area (Å²) in [7, 11) is 0. The summed E-state index contributed by atoms with van der Waals surface area (Å²) in [6, 6.07) is 0. The van der Waals surface area contributed by atoms with E-state index < -0.39 is 0 Å². The molecular weight excluding hydrogens is 150 g/mol. The summed E-state index contributed by atoms with van der Waals surface area (Å²) < 4.78 is 0. The molecule has 0 aromatic carbocycles. The predicted molar refractivity (Wildman–Crippen MR) is 25.0 cm³/mol. The number of alkyl halides is 1. The molecule has 0 amide bonds. The van der Waals surface area contributed by atoms with Crippen LogP contribution in [0.25, 0.3) is 0 Å². The topological polar surface area (TPSA) is 44.5 Å². The van der Waals surface area contributed by atoms with Gasteiger partial charge in [-0.3, -0.25) is 0 Å². The van der Waals surface area contributed by atoms with Gasteiger partial charge in [0.25, 0.3) is 0 Å². The van der Waals surface area contributed by atoms with E-state index in [9.17, 15) is 0 Å². The fourth-order valence-corrected chi connectivity index (χ4v) is 0.212. The molecule has 0 aliphatic carbocycles. The molecule has 38 valence electrons. The van der Waals surface area contributed by atoms with E-state index in [0.29, 0.717) is 6.61 Å². The molecule has 0 rings (SSSR count). The molecule has 4 heteroatoms. The van der Waals surface area contributed by atoms with E-state index in [1.165, 1.54) is 0 Å². The fourth-order valence-electron chi connectivity index (χ4n) is 0.0796. The van der Waals surface area contributed by atoms with Crippen molar-refractivity contribution in [1.29, 1.82) is 0 Å². The molecule has 6 heavy (non-hydrogen) atoms. The van der Waals surface area contributed by atoms with Crippen LogP contribution >= 0.6 is 15.9 Å². The zero-order valence-electron chi connectivity index (χ0n) is 3.19. The maximum atomic E-state index is 4.47. The third-order valence-electron chi connectivity index (χ3n) is 0.229. The number of hydrogen-bond donors (Lipinski definition) is 1. The van der Waals surface area contributed by atoms with Crippen LogP contribution in [-0.2, 0) is 9.88 Å². The van der Waals surface area contributed by atoms with Gasteiger partial charge in [0.2, 0.25) is 0 Å². The minimum absolute atomic E-state index is 0.483. The van der Waals surface area contributed by atoms with E-state index in [1.54, 1.807) is 0 Å². The van der Waals surface area contributed by atoms with Crippen LogP contribution in [-0.4, -0.2) is 11.9 Å². The maximum absolute atomic E-state index is 4.47. The van der Waals surface area contributed by atoms with Gasteiger partial charge in [0.15, 0.2) is 0 Å². The Morgan fingerprint density at radius 3 is 2.50 bits per heavy atom. The third-order valence-corrected chi connectivity index (χ3v) is 0.552. The smallest absolute Gasteiger partial charge is 0.0938 e. The van der Waals surface area contributed by atoms with Gasteiger partial charge >= 0.3 is 0 Å². The first-order valence-corrected chi connectivity index (χ1v) is 2.58. The lowest BCUT2D eigenvalue weighted by molar-refractivity contribution is -0.295. The summed E-state index contributed by atoms with van der Waals surface area (Å²) in [4.78, 5) is 7.97. The van der Waals surface area contributed by atoms with E-state index in [2.05, 4.69) is 31.7 Å². The Hall–Kier alpha value is 0.360. The molecule has 0 fully saturated rings. The van der Waals surface area contributed by atoms with E-state index >= 15 is 0 Å². The highest BCUT2D eigenvalue weighted by molar-refractivity contribution is 9.09. The van der Waals surface area contributed by atoms with E-state index in [0.717, 1.165) is 5.33 Å². The third kappa shape index (κ3) is 4.36. The Morgan fingerprint density at radius 1 is 1.67 bits per heavy atom. The standard InChI is InChI=1S/C2H6BrNO2/c3-1-2-5-6-4/h1-2,4H2. The highest BCUT2D eigenvalue weighted by Crippen LogP contribution is 1.77. The highest BCUT2D eigenvalue weighted by Gasteiger charge is 1.75. The Morgan fingerprint density at radius 2 is 2.33 bits per heavy atom. The maximum Gasteiger partial charge on any atom is 0.0938 e. The van der Waals surface area contributed by atoms with Crippen molar-refractivity contribution in [2.45, 2.75) is 0 Å². The Labute approximate surface area is 44.4 Å².